The summed E-state index contributed by atoms with van der Waals surface area (Å²) in [5, 5.41) is 0.342. The molecule has 0 aromatic carbocycles. The van der Waals surface area contributed by atoms with Crippen LogP contribution in [-0.4, -0.2) is 55.5 Å². The molecule has 310 valence electrons. The summed E-state index contributed by atoms with van der Waals surface area (Å²) in [5.74, 6) is 1.03. The van der Waals surface area contributed by atoms with Crippen molar-refractivity contribution < 1.29 is 18.0 Å². The topological polar surface area (TPSA) is 36.9 Å². The number of allylic oxidation sites excluding steroid dienone is 4. The van der Waals surface area contributed by atoms with Crippen molar-refractivity contribution in [3.63, 3.8) is 0 Å². The highest BCUT2D eigenvalue weighted by Gasteiger charge is 2.59. The first-order valence-corrected chi connectivity index (χ1v) is 30.7. The summed E-state index contributed by atoms with van der Waals surface area (Å²) < 4.78 is 28.6. The fourth-order valence-electron chi connectivity index (χ4n) is 10.3. The first-order chi connectivity index (χ1) is 24.8. The molecule has 0 saturated heterocycles. The van der Waals surface area contributed by atoms with E-state index >= 15 is 0 Å². The quantitative estimate of drug-likeness (QED) is 0.115. The number of fused-ring (bicyclic) bond motifs is 5. The van der Waals surface area contributed by atoms with Gasteiger partial charge < -0.3 is 18.0 Å². The van der Waals surface area contributed by atoms with E-state index in [2.05, 4.69) is 154 Å². The Labute approximate surface area is 338 Å². The maximum atomic E-state index is 7.59. The van der Waals surface area contributed by atoms with E-state index in [1.54, 1.807) is 11.1 Å². The van der Waals surface area contributed by atoms with E-state index in [0.717, 1.165) is 32.1 Å². The average molecular weight is 799 g/mol. The van der Waals surface area contributed by atoms with Gasteiger partial charge in [-0.1, -0.05) is 132 Å². The van der Waals surface area contributed by atoms with E-state index < -0.39 is 25.0 Å². The molecule has 7 heteroatoms. The van der Waals surface area contributed by atoms with E-state index in [1.807, 2.05) is 0 Å². The second-order valence-corrected chi connectivity index (χ2v) is 35.6. The SMILES string of the molecule is CCC(/C=C/CO[C@@H](C)C1=CC[C@H]2C3=CC=C4C[C@@H](O[Si](C)(C)C(C)(C)C)C[C@H](O[Si](C)(C)C(C)(C)C)[C@]4(C)[C@H]3CC[C@]12C)(CC)O[Si](CC)(CC)CC. The minimum atomic E-state index is -2.04. The molecular weight excluding hydrogens is 713 g/mol. The summed E-state index contributed by atoms with van der Waals surface area (Å²) in [4.78, 5) is 0. The number of hydrogen-bond donors (Lipinski definition) is 0. The van der Waals surface area contributed by atoms with Crippen molar-refractivity contribution in [2.75, 3.05) is 6.61 Å². The lowest BCUT2D eigenvalue weighted by Gasteiger charge is -2.59. The fourth-order valence-corrected chi connectivity index (χ4v) is 16.2. The lowest BCUT2D eigenvalue weighted by molar-refractivity contribution is -0.0399. The predicted molar refractivity (Wildman–Crippen MR) is 241 cm³/mol. The van der Waals surface area contributed by atoms with Crippen LogP contribution in [0.25, 0.3) is 0 Å². The molecule has 2 saturated carbocycles. The van der Waals surface area contributed by atoms with Gasteiger partial charge in [-0.15, -0.1) is 0 Å². The highest BCUT2D eigenvalue weighted by Crippen LogP contribution is 2.65. The standard InChI is InChI=1S/C47H86O4Si3/c1-19-47(20-2,51-54(21-3,22-4)23-5)30-24-32-48-35(6)39-27-28-40-38-26-25-36-33-37(49-52(15,16)43(7,8)9)34-42(50-53(17,18)44(10,11)12)46(36,14)41(38)29-31-45(39,40)13/h24-27,30,35,37,40-42H,19-23,28-29,31-34H2,1-18H3/b30-24+/t35-,37+,40-,41-,42-,45+,46-/m0/s1. The van der Waals surface area contributed by atoms with Crippen molar-refractivity contribution in [3.8, 4) is 0 Å². The Kier molecular flexibility index (Phi) is 14.2. The third kappa shape index (κ3) is 8.73. The largest absolute Gasteiger partial charge is 0.414 e. The molecule has 0 aromatic rings. The molecular formula is C47H86O4Si3. The number of rotatable bonds is 16. The number of ether oxygens (including phenoxy) is 1. The molecule has 54 heavy (non-hydrogen) atoms. The second-order valence-electron chi connectivity index (χ2n) is 21.4. The van der Waals surface area contributed by atoms with Gasteiger partial charge >= 0.3 is 0 Å². The molecule has 0 aliphatic heterocycles. The van der Waals surface area contributed by atoms with Gasteiger partial charge in [0.2, 0.25) is 0 Å². The normalized spacial score (nSPS) is 30.4. The van der Waals surface area contributed by atoms with Gasteiger partial charge in [0.15, 0.2) is 25.0 Å². The molecule has 0 radical (unpaired) electrons. The van der Waals surface area contributed by atoms with Crippen LogP contribution in [0.4, 0.5) is 0 Å². The molecule has 4 aliphatic carbocycles. The molecule has 0 spiro atoms. The van der Waals surface area contributed by atoms with E-state index in [4.69, 9.17) is 18.0 Å². The molecule has 0 bridgehead atoms. The molecule has 4 aliphatic rings. The zero-order valence-corrected chi connectivity index (χ0v) is 41.7. The van der Waals surface area contributed by atoms with E-state index in [9.17, 15) is 0 Å². The van der Waals surface area contributed by atoms with Gasteiger partial charge in [0.25, 0.3) is 0 Å². The Morgan fingerprint density at radius 3 is 1.94 bits per heavy atom. The van der Waals surface area contributed by atoms with Crippen molar-refractivity contribution in [2.45, 2.75) is 220 Å². The zero-order valence-electron chi connectivity index (χ0n) is 38.7. The summed E-state index contributed by atoms with van der Waals surface area (Å²) >= 11 is 0. The van der Waals surface area contributed by atoms with Crippen LogP contribution in [0.15, 0.2) is 47.1 Å². The van der Waals surface area contributed by atoms with Gasteiger partial charge in [0.1, 0.15) is 0 Å². The van der Waals surface area contributed by atoms with Crippen LogP contribution in [0.3, 0.4) is 0 Å². The van der Waals surface area contributed by atoms with Crippen molar-refractivity contribution in [3.05, 3.63) is 47.1 Å². The Balaban J connectivity index is 1.57. The maximum absolute atomic E-state index is 7.59. The van der Waals surface area contributed by atoms with Gasteiger partial charge in [-0.05, 0) is 129 Å². The van der Waals surface area contributed by atoms with Gasteiger partial charge in [-0.3, -0.25) is 0 Å². The van der Waals surface area contributed by atoms with Crippen molar-refractivity contribution in [1.82, 2.24) is 0 Å². The minimum absolute atomic E-state index is 0.00914. The molecule has 7 atom stereocenters. The molecule has 0 aromatic heterocycles. The smallest absolute Gasteiger partial charge is 0.193 e. The Morgan fingerprint density at radius 1 is 0.833 bits per heavy atom. The Bertz CT molecular complexity index is 1410. The summed E-state index contributed by atoms with van der Waals surface area (Å²) in [6.45, 7) is 43.6. The molecule has 2 fully saturated rings. The van der Waals surface area contributed by atoms with Crippen LogP contribution in [0.5, 0.6) is 0 Å². The van der Waals surface area contributed by atoms with E-state index in [0.29, 0.717) is 18.4 Å². The lowest BCUT2D eigenvalue weighted by atomic mass is 9.49. The molecule has 0 N–H and O–H groups in total. The Morgan fingerprint density at radius 2 is 1.41 bits per heavy atom. The second kappa shape index (κ2) is 16.6. The van der Waals surface area contributed by atoms with Crippen LogP contribution in [0.2, 0.25) is 54.4 Å². The summed E-state index contributed by atoms with van der Waals surface area (Å²) in [6.07, 6.45) is 20.3. The van der Waals surface area contributed by atoms with Gasteiger partial charge in [0, 0.05) is 5.41 Å². The zero-order chi connectivity index (χ0) is 40.8. The van der Waals surface area contributed by atoms with Gasteiger partial charge in [-0.25, -0.2) is 0 Å². The summed E-state index contributed by atoms with van der Waals surface area (Å²) in [6, 6.07) is 3.54. The van der Waals surface area contributed by atoms with Gasteiger partial charge in [0.05, 0.1) is 30.5 Å². The van der Waals surface area contributed by atoms with Crippen LogP contribution >= 0.6 is 0 Å². The fraction of sp³-hybridized carbons (Fsp3) is 0.830. The average Bonchev–Trinajstić information content (AvgIpc) is 3.45. The van der Waals surface area contributed by atoms with Crippen LogP contribution in [0, 0.1) is 22.7 Å². The first-order valence-electron chi connectivity index (χ1n) is 22.3. The van der Waals surface area contributed by atoms with Crippen LogP contribution in [0.1, 0.15) is 142 Å². The number of hydrogen-bond acceptors (Lipinski definition) is 4. The van der Waals surface area contributed by atoms with Crippen LogP contribution in [-0.2, 0) is 18.0 Å². The predicted octanol–water partition coefficient (Wildman–Crippen LogP) is 14.3. The first kappa shape index (κ1) is 46.1. The lowest BCUT2D eigenvalue weighted by Crippen LogP contribution is -2.58. The highest BCUT2D eigenvalue weighted by molar-refractivity contribution is 6.74. The molecule has 4 rings (SSSR count). The third-order valence-corrected chi connectivity index (χ3v) is 30.3. The third-order valence-electron chi connectivity index (χ3n) is 16.6. The summed E-state index contributed by atoms with van der Waals surface area (Å²) in [7, 11) is -5.70. The summed E-state index contributed by atoms with van der Waals surface area (Å²) in [5.41, 5.74) is 4.70. The van der Waals surface area contributed by atoms with Crippen molar-refractivity contribution >= 4 is 25.0 Å². The minimum Gasteiger partial charge on any atom is -0.414 e. The molecule has 0 amide bonds. The van der Waals surface area contributed by atoms with E-state index in [1.165, 1.54) is 36.5 Å². The monoisotopic (exact) mass is 799 g/mol. The van der Waals surface area contributed by atoms with E-state index in [-0.39, 0.29) is 44.8 Å². The van der Waals surface area contributed by atoms with Gasteiger partial charge in [-0.2, -0.15) is 0 Å². The Hall–Kier alpha value is -0.549. The molecule has 4 nitrogen and oxygen atoms in total. The van der Waals surface area contributed by atoms with Crippen LogP contribution < -0.4 is 0 Å². The highest BCUT2D eigenvalue weighted by atomic mass is 28.4. The molecule has 0 heterocycles. The van der Waals surface area contributed by atoms with Crippen molar-refractivity contribution in [1.29, 1.82) is 0 Å². The van der Waals surface area contributed by atoms with Crippen molar-refractivity contribution in [2.24, 2.45) is 22.7 Å². The molecule has 0 unspecified atom stereocenters. The maximum Gasteiger partial charge on any atom is 0.193 e.